The highest BCUT2D eigenvalue weighted by molar-refractivity contribution is 7.80. The highest BCUT2D eigenvalue weighted by atomic mass is 35.5. The van der Waals surface area contributed by atoms with E-state index >= 15 is 0 Å². The number of nitrogens with zero attached hydrogens (tertiary/aromatic N) is 1. The lowest BCUT2D eigenvalue weighted by Crippen LogP contribution is -2.40. The Bertz CT molecular complexity index is 1190. The largest absolute Gasteiger partial charge is 0.362 e. The lowest BCUT2D eigenvalue weighted by molar-refractivity contribution is -0.384. The molecule has 3 aromatic rings. The van der Waals surface area contributed by atoms with Gasteiger partial charge in [0.1, 0.15) is 0 Å². The zero-order chi connectivity index (χ0) is 23.8. The van der Waals surface area contributed by atoms with Crippen molar-refractivity contribution in [2.45, 2.75) is 6.42 Å². The van der Waals surface area contributed by atoms with Crippen LogP contribution < -0.4 is 16.0 Å². The molecule has 10 heteroatoms. The van der Waals surface area contributed by atoms with Crippen molar-refractivity contribution in [3.63, 3.8) is 0 Å². The van der Waals surface area contributed by atoms with Gasteiger partial charge in [0.2, 0.25) is 0 Å². The van der Waals surface area contributed by atoms with Gasteiger partial charge in [-0.05, 0) is 54.5 Å². The van der Waals surface area contributed by atoms with E-state index in [-0.39, 0.29) is 27.3 Å². The van der Waals surface area contributed by atoms with Gasteiger partial charge in [-0.25, -0.2) is 0 Å². The molecule has 0 aliphatic heterocycles. The van der Waals surface area contributed by atoms with Crippen LogP contribution in [-0.2, 0) is 6.42 Å². The smallest absolute Gasteiger partial charge is 0.270 e. The fraction of sp³-hybridized carbons (Fsp3) is 0.0870. The topological polar surface area (TPSA) is 113 Å². The molecule has 0 unspecified atom stereocenters. The van der Waals surface area contributed by atoms with Crippen molar-refractivity contribution in [2.24, 2.45) is 0 Å². The number of nitro groups is 1. The van der Waals surface area contributed by atoms with E-state index < -0.39 is 10.8 Å². The maximum atomic E-state index is 12.5. The average molecular weight is 483 g/mol. The van der Waals surface area contributed by atoms with Crippen molar-refractivity contribution in [2.75, 3.05) is 11.9 Å². The summed E-state index contributed by atoms with van der Waals surface area (Å²) in [6.45, 7) is 0.503. The maximum Gasteiger partial charge on any atom is 0.270 e. The first-order valence-electron chi connectivity index (χ1n) is 9.82. The van der Waals surface area contributed by atoms with Gasteiger partial charge < -0.3 is 10.6 Å². The number of hydrogen-bond donors (Lipinski definition) is 3. The molecule has 0 aliphatic rings. The second-order valence-corrected chi connectivity index (χ2v) is 7.71. The number of rotatable bonds is 7. The van der Waals surface area contributed by atoms with Crippen LogP contribution in [0.5, 0.6) is 0 Å². The molecule has 0 bridgehead atoms. The van der Waals surface area contributed by atoms with Gasteiger partial charge in [-0.3, -0.25) is 25.0 Å². The standard InChI is InChI=1S/C23H19ClN4O4S/c24-20-11-10-18(28(31)32)14-19(20)22(30)26-17-8-6-15(7-9-17)12-13-25-23(33)27-21(29)16-4-2-1-3-5-16/h1-11,14H,12-13H2,(H,26,30)(H2,25,27,29,33). The molecule has 0 fully saturated rings. The second kappa shape index (κ2) is 11.2. The number of carbonyl (C=O) groups excluding carboxylic acids is 2. The Morgan fingerprint density at radius 1 is 0.970 bits per heavy atom. The van der Waals surface area contributed by atoms with Crippen LogP contribution in [0.2, 0.25) is 5.02 Å². The summed E-state index contributed by atoms with van der Waals surface area (Å²) in [5.41, 5.74) is 1.82. The molecule has 3 N–H and O–H groups in total. The molecule has 33 heavy (non-hydrogen) atoms. The molecule has 0 spiro atoms. The Morgan fingerprint density at radius 2 is 1.67 bits per heavy atom. The predicted molar refractivity (Wildman–Crippen MR) is 131 cm³/mol. The van der Waals surface area contributed by atoms with Crippen molar-refractivity contribution in [3.8, 4) is 0 Å². The first kappa shape index (κ1) is 23.8. The van der Waals surface area contributed by atoms with Crippen LogP contribution in [0.4, 0.5) is 11.4 Å². The summed E-state index contributed by atoms with van der Waals surface area (Å²) in [7, 11) is 0. The molecule has 0 saturated carbocycles. The molecule has 168 valence electrons. The number of thiocarbonyl (C=S) groups is 1. The molecular weight excluding hydrogens is 464 g/mol. The molecule has 0 saturated heterocycles. The van der Waals surface area contributed by atoms with Gasteiger partial charge in [0.15, 0.2) is 5.11 Å². The first-order chi connectivity index (χ1) is 15.8. The van der Waals surface area contributed by atoms with E-state index in [0.717, 1.165) is 11.6 Å². The summed E-state index contributed by atoms with van der Waals surface area (Å²) in [4.78, 5) is 34.9. The van der Waals surface area contributed by atoms with Crippen LogP contribution >= 0.6 is 23.8 Å². The number of amides is 2. The third-order valence-corrected chi connectivity index (χ3v) is 5.16. The lowest BCUT2D eigenvalue weighted by atomic mass is 10.1. The van der Waals surface area contributed by atoms with Gasteiger partial charge in [0.25, 0.3) is 17.5 Å². The molecule has 3 rings (SSSR count). The summed E-state index contributed by atoms with van der Waals surface area (Å²) in [5, 5.41) is 19.6. The monoisotopic (exact) mass is 482 g/mol. The zero-order valence-corrected chi connectivity index (χ0v) is 18.8. The van der Waals surface area contributed by atoms with E-state index in [0.29, 0.717) is 24.2 Å². The maximum absolute atomic E-state index is 12.5. The number of nitro benzene ring substituents is 1. The fourth-order valence-corrected chi connectivity index (χ4v) is 3.28. The molecular formula is C23H19ClN4O4S. The molecule has 0 heterocycles. The summed E-state index contributed by atoms with van der Waals surface area (Å²) in [5.74, 6) is -0.824. The summed E-state index contributed by atoms with van der Waals surface area (Å²) >= 11 is 11.2. The minimum atomic E-state index is -0.589. The number of nitrogens with one attached hydrogen (secondary N) is 3. The summed E-state index contributed by atoms with van der Waals surface area (Å²) in [6, 6.07) is 19.6. The van der Waals surface area contributed by atoms with Crippen molar-refractivity contribution in [1.82, 2.24) is 10.6 Å². The van der Waals surface area contributed by atoms with Crippen LogP contribution in [0.3, 0.4) is 0 Å². The van der Waals surface area contributed by atoms with E-state index in [4.69, 9.17) is 23.8 Å². The Hall–Kier alpha value is -3.82. The number of carbonyl (C=O) groups is 2. The van der Waals surface area contributed by atoms with Crippen molar-refractivity contribution in [1.29, 1.82) is 0 Å². The van der Waals surface area contributed by atoms with Gasteiger partial charge in [-0.15, -0.1) is 0 Å². The average Bonchev–Trinajstić information content (AvgIpc) is 2.80. The molecule has 3 aromatic carbocycles. The van der Waals surface area contributed by atoms with Crippen LogP contribution in [0.1, 0.15) is 26.3 Å². The van der Waals surface area contributed by atoms with Crippen molar-refractivity contribution in [3.05, 3.63) is 105 Å². The Kier molecular flexibility index (Phi) is 8.06. The van der Waals surface area contributed by atoms with E-state index in [1.165, 1.54) is 12.1 Å². The van der Waals surface area contributed by atoms with Crippen molar-refractivity contribution < 1.29 is 14.5 Å². The van der Waals surface area contributed by atoms with Gasteiger partial charge in [0.05, 0.1) is 15.5 Å². The van der Waals surface area contributed by atoms with Crippen molar-refractivity contribution >= 4 is 52.1 Å². The Labute approximate surface area is 200 Å². The molecule has 0 aromatic heterocycles. The normalized spacial score (nSPS) is 10.2. The highest BCUT2D eigenvalue weighted by Crippen LogP contribution is 2.23. The third kappa shape index (κ3) is 6.83. The minimum Gasteiger partial charge on any atom is -0.362 e. The fourth-order valence-electron chi connectivity index (χ4n) is 2.88. The van der Waals surface area contributed by atoms with Gasteiger partial charge in [0, 0.05) is 29.9 Å². The number of non-ortho nitro benzene ring substituents is 1. The van der Waals surface area contributed by atoms with Crippen LogP contribution in [-0.4, -0.2) is 28.4 Å². The van der Waals surface area contributed by atoms with Gasteiger partial charge in [-0.2, -0.15) is 0 Å². The van der Waals surface area contributed by atoms with E-state index in [9.17, 15) is 19.7 Å². The lowest BCUT2D eigenvalue weighted by Gasteiger charge is -2.10. The predicted octanol–water partition coefficient (Wildman–Crippen LogP) is 4.35. The Balaban J connectivity index is 1.49. The van der Waals surface area contributed by atoms with E-state index in [2.05, 4.69) is 16.0 Å². The van der Waals surface area contributed by atoms with Crippen LogP contribution in [0, 0.1) is 10.1 Å². The zero-order valence-electron chi connectivity index (χ0n) is 17.2. The van der Waals surface area contributed by atoms with E-state index in [1.807, 2.05) is 18.2 Å². The molecule has 8 nitrogen and oxygen atoms in total. The highest BCUT2D eigenvalue weighted by Gasteiger charge is 2.16. The molecule has 0 atom stereocenters. The van der Waals surface area contributed by atoms with Crippen LogP contribution in [0.25, 0.3) is 0 Å². The first-order valence-corrected chi connectivity index (χ1v) is 10.6. The number of anilines is 1. The third-order valence-electron chi connectivity index (χ3n) is 4.58. The van der Waals surface area contributed by atoms with E-state index in [1.54, 1.807) is 36.4 Å². The Morgan fingerprint density at radius 3 is 2.33 bits per heavy atom. The SMILES string of the molecule is O=C(NC(=S)NCCc1ccc(NC(=O)c2cc([N+](=O)[O-])ccc2Cl)cc1)c1ccccc1. The van der Waals surface area contributed by atoms with Gasteiger partial charge in [-0.1, -0.05) is 41.9 Å². The van der Waals surface area contributed by atoms with Gasteiger partial charge >= 0.3 is 0 Å². The second-order valence-electron chi connectivity index (χ2n) is 6.90. The number of halogens is 1. The number of hydrogen-bond acceptors (Lipinski definition) is 5. The number of benzene rings is 3. The summed E-state index contributed by atoms with van der Waals surface area (Å²) < 4.78 is 0. The molecule has 2 amide bonds. The molecule has 0 radical (unpaired) electrons. The summed E-state index contributed by atoms with van der Waals surface area (Å²) in [6.07, 6.45) is 0.631. The quantitative estimate of drug-likeness (QED) is 0.262. The molecule has 0 aliphatic carbocycles. The van der Waals surface area contributed by atoms with Crippen LogP contribution in [0.15, 0.2) is 72.8 Å². The minimum absolute atomic E-state index is 0.0187.